The Morgan fingerprint density at radius 3 is 2.62 bits per heavy atom. The number of piperazine rings is 1. The van der Waals surface area contributed by atoms with Crippen LogP contribution in [-0.2, 0) is 22.7 Å². The summed E-state index contributed by atoms with van der Waals surface area (Å²) >= 11 is 0. The zero-order valence-electron chi connectivity index (χ0n) is 18.5. The molecule has 34 heavy (non-hydrogen) atoms. The first-order valence-corrected chi connectivity index (χ1v) is 11.2. The van der Waals surface area contributed by atoms with Gasteiger partial charge in [-0.2, -0.15) is 5.26 Å². The number of carbonyl (C=O) groups is 3. The highest BCUT2D eigenvalue weighted by atomic mass is 19.1. The van der Waals surface area contributed by atoms with Crippen LogP contribution in [0.15, 0.2) is 30.5 Å². The first-order valence-electron chi connectivity index (χ1n) is 11.2. The largest absolute Gasteiger partial charge is 0.367 e. The van der Waals surface area contributed by atoms with Crippen LogP contribution in [0.1, 0.15) is 40.0 Å². The smallest absolute Gasteiger partial charge is 0.255 e. The van der Waals surface area contributed by atoms with Crippen LogP contribution in [0.3, 0.4) is 0 Å². The maximum Gasteiger partial charge on any atom is 0.255 e. The van der Waals surface area contributed by atoms with E-state index in [-0.39, 0.29) is 36.8 Å². The van der Waals surface area contributed by atoms with Crippen LogP contribution < -0.4 is 10.2 Å². The van der Waals surface area contributed by atoms with Gasteiger partial charge < -0.3 is 9.80 Å². The molecular formula is C24H23FN6O3. The fourth-order valence-electron chi connectivity index (χ4n) is 4.81. The van der Waals surface area contributed by atoms with Crippen molar-refractivity contribution in [3.63, 3.8) is 0 Å². The molecule has 1 aromatic heterocycles. The minimum atomic E-state index is -0.718. The maximum atomic E-state index is 15.0. The standard InChI is InChI=1S/C24H23FN6O3/c25-19-10-18-16(14-31(24(18)34)20-3-4-22(32)28-23(20)33)9-21(19)30-7-5-29(6-8-30)13-15-1-2-17(11-26)27-12-15/h1-2,9-10,12,20H,3-8,13-14H2,(H,28,32,33). The number of imide groups is 1. The summed E-state index contributed by atoms with van der Waals surface area (Å²) in [6, 6.07) is 7.87. The molecule has 3 aliphatic heterocycles. The lowest BCUT2D eigenvalue weighted by molar-refractivity contribution is -0.136. The Labute approximate surface area is 195 Å². The molecule has 5 rings (SSSR count). The Balaban J connectivity index is 1.25. The summed E-state index contributed by atoms with van der Waals surface area (Å²) in [5.41, 5.74) is 2.82. The first kappa shape index (κ1) is 22.0. The van der Waals surface area contributed by atoms with Gasteiger partial charge in [-0.05, 0) is 35.7 Å². The predicted molar refractivity (Wildman–Crippen MR) is 119 cm³/mol. The van der Waals surface area contributed by atoms with Gasteiger partial charge in [0, 0.05) is 57.4 Å². The SMILES string of the molecule is N#Cc1ccc(CN2CCN(c3cc4c(cc3F)C(=O)N(C3CCC(=O)NC3=O)C4)CC2)cn1. The second kappa shape index (κ2) is 8.83. The van der Waals surface area contributed by atoms with Crippen LogP contribution in [0.2, 0.25) is 0 Å². The van der Waals surface area contributed by atoms with Gasteiger partial charge in [-0.25, -0.2) is 9.37 Å². The molecule has 174 valence electrons. The van der Waals surface area contributed by atoms with E-state index in [2.05, 4.69) is 15.2 Å². The predicted octanol–water partition coefficient (Wildman–Crippen LogP) is 1.18. The van der Waals surface area contributed by atoms with E-state index in [1.807, 2.05) is 17.0 Å². The Morgan fingerprint density at radius 1 is 1.15 bits per heavy atom. The summed E-state index contributed by atoms with van der Waals surface area (Å²) in [7, 11) is 0. The average Bonchev–Trinajstić information content (AvgIpc) is 3.15. The molecule has 0 saturated carbocycles. The summed E-state index contributed by atoms with van der Waals surface area (Å²) < 4.78 is 15.0. The second-order valence-electron chi connectivity index (χ2n) is 8.79. The Morgan fingerprint density at radius 2 is 1.94 bits per heavy atom. The minimum Gasteiger partial charge on any atom is -0.367 e. The molecule has 10 heteroatoms. The molecule has 0 bridgehead atoms. The van der Waals surface area contributed by atoms with Gasteiger partial charge in [-0.3, -0.25) is 24.6 Å². The number of fused-ring (bicyclic) bond motifs is 1. The quantitative estimate of drug-likeness (QED) is 0.680. The normalized spacial score (nSPS) is 20.8. The van der Waals surface area contributed by atoms with E-state index in [0.717, 1.165) is 18.7 Å². The van der Waals surface area contributed by atoms with Crippen molar-refractivity contribution in [1.29, 1.82) is 5.26 Å². The van der Waals surface area contributed by atoms with E-state index in [4.69, 9.17) is 5.26 Å². The summed E-state index contributed by atoms with van der Waals surface area (Å²) in [5.74, 6) is -1.65. The summed E-state index contributed by atoms with van der Waals surface area (Å²) in [4.78, 5) is 46.3. The molecule has 9 nitrogen and oxygen atoms in total. The van der Waals surface area contributed by atoms with Crippen molar-refractivity contribution in [2.24, 2.45) is 0 Å². The van der Waals surface area contributed by atoms with Crippen molar-refractivity contribution in [3.05, 3.63) is 58.7 Å². The minimum absolute atomic E-state index is 0.180. The molecule has 1 atom stereocenters. The zero-order chi connectivity index (χ0) is 23.8. The van der Waals surface area contributed by atoms with Crippen LogP contribution >= 0.6 is 0 Å². The number of nitrogens with one attached hydrogen (secondary N) is 1. The van der Waals surface area contributed by atoms with Gasteiger partial charge in [0.15, 0.2) is 0 Å². The van der Waals surface area contributed by atoms with Gasteiger partial charge in [-0.1, -0.05) is 6.07 Å². The van der Waals surface area contributed by atoms with Crippen molar-refractivity contribution in [2.75, 3.05) is 31.1 Å². The Hall–Kier alpha value is -3.84. The highest BCUT2D eigenvalue weighted by Crippen LogP contribution is 2.33. The first-order chi connectivity index (χ1) is 16.4. The molecule has 1 unspecified atom stereocenters. The Kier molecular flexibility index (Phi) is 5.71. The van der Waals surface area contributed by atoms with Gasteiger partial charge in [-0.15, -0.1) is 0 Å². The van der Waals surface area contributed by atoms with Crippen LogP contribution in [0.5, 0.6) is 0 Å². The molecular weight excluding hydrogens is 439 g/mol. The molecule has 3 amide bonds. The van der Waals surface area contributed by atoms with Gasteiger partial charge in [0.05, 0.1) is 5.69 Å². The van der Waals surface area contributed by atoms with Gasteiger partial charge in [0.2, 0.25) is 11.8 Å². The third kappa shape index (κ3) is 4.10. The number of halogens is 1. The van der Waals surface area contributed by atoms with E-state index in [1.165, 1.54) is 11.0 Å². The molecule has 2 aromatic rings. The summed E-state index contributed by atoms with van der Waals surface area (Å²) in [6.07, 6.45) is 2.16. The number of carbonyl (C=O) groups excluding carboxylic acids is 3. The van der Waals surface area contributed by atoms with Crippen LogP contribution in [0.25, 0.3) is 0 Å². The number of anilines is 1. The van der Waals surface area contributed by atoms with Crippen LogP contribution in [-0.4, -0.2) is 64.7 Å². The summed E-state index contributed by atoms with van der Waals surface area (Å²) in [5, 5.41) is 11.2. The number of piperidine rings is 1. The number of aromatic nitrogens is 1. The number of nitriles is 1. The maximum absolute atomic E-state index is 15.0. The van der Waals surface area contributed by atoms with Crippen LogP contribution in [0, 0.1) is 17.1 Å². The van der Waals surface area contributed by atoms with Gasteiger partial charge in [0.1, 0.15) is 23.6 Å². The van der Waals surface area contributed by atoms with Gasteiger partial charge >= 0.3 is 0 Å². The third-order valence-electron chi connectivity index (χ3n) is 6.65. The summed E-state index contributed by atoms with van der Waals surface area (Å²) in [6.45, 7) is 3.65. The molecule has 1 aromatic carbocycles. The second-order valence-corrected chi connectivity index (χ2v) is 8.79. The fraction of sp³-hybridized carbons (Fsp3) is 0.375. The number of benzene rings is 1. The number of nitrogens with zero attached hydrogens (tertiary/aromatic N) is 5. The van der Waals surface area contributed by atoms with Crippen molar-refractivity contribution in [3.8, 4) is 6.07 Å². The highest BCUT2D eigenvalue weighted by molar-refractivity contribution is 6.05. The van der Waals surface area contributed by atoms with Gasteiger partial charge in [0.25, 0.3) is 5.91 Å². The van der Waals surface area contributed by atoms with E-state index in [1.54, 1.807) is 18.3 Å². The Bertz CT molecular complexity index is 1200. The molecule has 0 spiro atoms. The monoisotopic (exact) mass is 462 g/mol. The van der Waals surface area contributed by atoms with E-state index >= 15 is 4.39 Å². The molecule has 4 heterocycles. The molecule has 0 aliphatic carbocycles. The molecule has 2 saturated heterocycles. The number of rotatable bonds is 4. The van der Waals surface area contributed by atoms with E-state index in [0.29, 0.717) is 36.6 Å². The number of hydrogen-bond acceptors (Lipinski definition) is 7. The molecule has 1 N–H and O–H groups in total. The fourth-order valence-corrected chi connectivity index (χ4v) is 4.81. The lowest BCUT2D eigenvalue weighted by Crippen LogP contribution is -2.52. The molecule has 0 radical (unpaired) electrons. The van der Waals surface area contributed by atoms with Crippen molar-refractivity contribution >= 4 is 23.4 Å². The third-order valence-corrected chi connectivity index (χ3v) is 6.65. The number of pyridine rings is 1. The van der Waals surface area contributed by atoms with E-state index < -0.39 is 17.8 Å². The lowest BCUT2D eigenvalue weighted by Gasteiger charge is -2.36. The average molecular weight is 462 g/mol. The topological polar surface area (TPSA) is 110 Å². The number of hydrogen-bond donors (Lipinski definition) is 1. The van der Waals surface area contributed by atoms with Crippen molar-refractivity contribution < 1.29 is 18.8 Å². The van der Waals surface area contributed by atoms with Crippen molar-refractivity contribution in [1.82, 2.24) is 20.1 Å². The van der Waals surface area contributed by atoms with Crippen LogP contribution in [0.4, 0.5) is 10.1 Å². The lowest BCUT2D eigenvalue weighted by atomic mass is 10.0. The highest BCUT2D eigenvalue weighted by Gasteiger charge is 2.39. The molecule has 3 aliphatic rings. The molecule has 2 fully saturated rings. The van der Waals surface area contributed by atoms with Crippen molar-refractivity contribution in [2.45, 2.75) is 32.0 Å². The number of amides is 3. The van der Waals surface area contributed by atoms with E-state index in [9.17, 15) is 14.4 Å². The zero-order valence-corrected chi connectivity index (χ0v) is 18.5.